The van der Waals surface area contributed by atoms with E-state index in [0.29, 0.717) is 5.56 Å². The van der Waals surface area contributed by atoms with Gasteiger partial charge in [0, 0.05) is 23.4 Å². The van der Waals surface area contributed by atoms with E-state index in [9.17, 15) is 28.4 Å². The van der Waals surface area contributed by atoms with Crippen LogP contribution in [0.5, 0.6) is 5.75 Å². The molecule has 0 saturated heterocycles. The van der Waals surface area contributed by atoms with Gasteiger partial charge in [0.05, 0.1) is 9.82 Å². The summed E-state index contributed by atoms with van der Waals surface area (Å²) in [5.41, 5.74) is -0.275. The number of hydrogen-bond donors (Lipinski definition) is 3. The Morgan fingerprint density at radius 3 is 2.58 bits per heavy atom. The lowest BCUT2D eigenvalue weighted by molar-refractivity contribution is -0.386. The van der Waals surface area contributed by atoms with E-state index in [2.05, 4.69) is 10.0 Å². The predicted octanol–water partition coefficient (Wildman–Crippen LogP) is 1.99. The highest BCUT2D eigenvalue weighted by molar-refractivity contribution is 7.92. The molecule has 1 amide bonds. The molecule has 0 bridgehead atoms. The second kappa shape index (κ2) is 6.64. The van der Waals surface area contributed by atoms with E-state index >= 15 is 0 Å². The predicted molar refractivity (Wildman–Crippen MR) is 92.5 cm³/mol. The smallest absolute Gasteiger partial charge is 0.312 e. The molecule has 3 N–H and O–H groups in total. The third kappa shape index (κ3) is 3.91. The Labute approximate surface area is 148 Å². The fourth-order valence-corrected chi connectivity index (χ4v) is 3.32. The molecule has 2 aromatic rings. The number of amides is 1. The Morgan fingerprint density at radius 2 is 1.92 bits per heavy atom. The molecule has 9 nitrogen and oxygen atoms in total. The summed E-state index contributed by atoms with van der Waals surface area (Å²) >= 11 is 0. The number of carbonyl (C=O) groups excluding carboxylic acids is 1. The molecule has 1 saturated carbocycles. The van der Waals surface area contributed by atoms with Crippen LogP contribution in [0.2, 0.25) is 0 Å². The summed E-state index contributed by atoms with van der Waals surface area (Å²) < 4.78 is 27.2. The van der Waals surface area contributed by atoms with Gasteiger partial charge in [0.1, 0.15) is 0 Å². The van der Waals surface area contributed by atoms with Crippen molar-refractivity contribution in [2.24, 2.45) is 0 Å². The third-order valence-electron chi connectivity index (χ3n) is 3.74. The lowest BCUT2D eigenvalue weighted by atomic mass is 10.2. The Morgan fingerprint density at radius 1 is 1.19 bits per heavy atom. The zero-order valence-corrected chi connectivity index (χ0v) is 14.2. The van der Waals surface area contributed by atoms with Crippen LogP contribution in [0.25, 0.3) is 0 Å². The fourth-order valence-electron chi connectivity index (χ4n) is 2.25. The first-order valence-corrected chi connectivity index (χ1v) is 9.16. The van der Waals surface area contributed by atoms with Crippen molar-refractivity contribution >= 4 is 27.3 Å². The Hall–Kier alpha value is -3.14. The van der Waals surface area contributed by atoms with E-state index in [-0.39, 0.29) is 22.5 Å². The van der Waals surface area contributed by atoms with Gasteiger partial charge >= 0.3 is 5.69 Å². The van der Waals surface area contributed by atoms with Crippen molar-refractivity contribution in [3.63, 3.8) is 0 Å². The molecule has 0 heterocycles. The van der Waals surface area contributed by atoms with Crippen LogP contribution < -0.4 is 10.0 Å². The maximum absolute atomic E-state index is 12.4. The van der Waals surface area contributed by atoms with Gasteiger partial charge in [-0.2, -0.15) is 0 Å². The number of nitrogens with one attached hydrogen (secondary N) is 2. The molecule has 0 radical (unpaired) electrons. The van der Waals surface area contributed by atoms with Crippen molar-refractivity contribution in [2.45, 2.75) is 23.8 Å². The van der Waals surface area contributed by atoms with Crippen molar-refractivity contribution < 1.29 is 23.2 Å². The molecule has 26 heavy (non-hydrogen) atoms. The summed E-state index contributed by atoms with van der Waals surface area (Å²) in [6.07, 6.45) is 1.86. The number of sulfonamides is 1. The van der Waals surface area contributed by atoms with E-state index in [0.717, 1.165) is 31.0 Å². The van der Waals surface area contributed by atoms with Gasteiger partial charge in [0.2, 0.25) is 0 Å². The largest absolute Gasteiger partial charge is 0.502 e. The van der Waals surface area contributed by atoms with Crippen molar-refractivity contribution in [2.75, 3.05) is 4.72 Å². The Kier molecular flexibility index (Phi) is 4.51. The SMILES string of the molecule is O=C(NC1CC1)c1cccc(NS(=O)(=O)c2ccc(O)c([N+](=O)[O-])c2)c1. The summed E-state index contributed by atoms with van der Waals surface area (Å²) in [6, 6.07) is 8.84. The molecule has 1 aliphatic carbocycles. The summed E-state index contributed by atoms with van der Waals surface area (Å²) in [4.78, 5) is 21.6. The van der Waals surface area contributed by atoms with Crippen molar-refractivity contribution in [1.29, 1.82) is 0 Å². The number of phenolic OH excluding ortho intramolecular Hbond substituents is 1. The zero-order valence-electron chi connectivity index (χ0n) is 13.4. The molecule has 10 heteroatoms. The minimum absolute atomic E-state index is 0.143. The molecule has 0 atom stereocenters. The number of phenols is 1. The number of rotatable bonds is 6. The number of anilines is 1. The minimum Gasteiger partial charge on any atom is -0.502 e. The first kappa shape index (κ1) is 17.7. The van der Waals surface area contributed by atoms with Crippen LogP contribution in [0.1, 0.15) is 23.2 Å². The normalized spacial score (nSPS) is 13.8. The molecule has 0 aliphatic heterocycles. The van der Waals surface area contributed by atoms with Crippen LogP contribution >= 0.6 is 0 Å². The summed E-state index contributed by atoms with van der Waals surface area (Å²) in [6.45, 7) is 0. The maximum Gasteiger partial charge on any atom is 0.312 e. The number of nitro groups is 1. The van der Waals surface area contributed by atoms with E-state index in [1.54, 1.807) is 6.07 Å². The topological polar surface area (TPSA) is 139 Å². The summed E-state index contributed by atoms with van der Waals surface area (Å²) in [7, 11) is -4.14. The minimum atomic E-state index is -4.14. The summed E-state index contributed by atoms with van der Waals surface area (Å²) in [5.74, 6) is -0.929. The Balaban J connectivity index is 1.84. The standard InChI is InChI=1S/C16H15N3O6S/c20-15-7-6-13(9-14(15)19(22)23)26(24,25)18-12-3-1-2-10(8-12)16(21)17-11-4-5-11/h1-3,6-9,11,18,20H,4-5H2,(H,17,21). The van der Waals surface area contributed by atoms with Gasteiger partial charge in [-0.05, 0) is 43.2 Å². The highest BCUT2D eigenvalue weighted by Crippen LogP contribution is 2.29. The molecule has 0 unspecified atom stereocenters. The van der Waals surface area contributed by atoms with Crippen LogP contribution in [-0.2, 0) is 10.0 Å². The first-order valence-electron chi connectivity index (χ1n) is 7.67. The van der Waals surface area contributed by atoms with E-state index in [1.807, 2.05) is 0 Å². The molecule has 2 aromatic carbocycles. The molecule has 0 spiro atoms. The number of hydrogen-bond acceptors (Lipinski definition) is 6. The second-order valence-corrected chi connectivity index (χ2v) is 7.52. The van der Waals surface area contributed by atoms with Crippen LogP contribution in [0, 0.1) is 10.1 Å². The van der Waals surface area contributed by atoms with Crippen LogP contribution in [0.3, 0.4) is 0 Å². The van der Waals surface area contributed by atoms with Crippen LogP contribution in [-0.4, -0.2) is 30.4 Å². The monoisotopic (exact) mass is 377 g/mol. The number of nitro benzene ring substituents is 1. The highest BCUT2D eigenvalue weighted by Gasteiger charge is 2.24. The number of aromatic hydroxyl groups is 1. The average molecular weight is 377 g/mol. The fraction of sp³-hybridized carbons (Fsp3) is 0.188. The first-order chi connectivity index (χ1) is 12.3. The lowest BCUT2D eigenvalue weighted by Crippen LogP contribution is -2.25. The van der Waals surface area contributed by atoms with E-state index < -0.39 is 26.4 Å². The number of nitrogens with zero attached hydrogens (tertiary/aromatic N) is 1. The quantitative estimate of drug-likeness (QED) is 0.520. The van der Waals surface area contributed by atoms with Gasteiger partial charge in [0.15, 0.2) is 5.75 Å². The maximum atomic E-state index is 12.4. The zero-order chi connectivity index (χ0) is 18.9. The van der Waals surface area contributed by atoms with Crippen LogP contribution in [0.15, 0.2) is 47.4 Å². The molecular formula is C16H15N3O6S. The molecule has 1 aliphatic rings. The molecule has 0 aromatic heterocycles. The third-order valence-corrected chi connectivity index (χ3v) is 5.12. The van der Waals surface area contributed by atoms with E-state index in [1.165, 1.54) is 18.2 Å². The van der Waals surface area contributed by atoms with Crippen molar-refractivity contribution in [3.8, 4) is 5.75 Å². The lowest BCUT2D eigenvalue weighted by Gasteiger charge is -2.10. The van der Waals surface area contributed by atoms with Gasteiger partial charge in [-0.25, -0.2) is 8.42 Å². The van der Waals surface area contributed by atoms with Crippen LogP contribution in [0.4, 0.5) is 11.4 Å². The molecule has 136 valence electrons. The molecule has 1 fully saturated rings. The van der Waals surface area contributed by atoms with Gasteiger partial charge < -0.3 is 10.4 Å². The van der Waals surface area contributed by atoms with Gasteiger partial charge in [-0.15, -0.1) is 0 Å². The molecular weight excluding hydrogens is 362 g/mol. The van der Waals surface area contributed by atoms with Crippen molar-refractivity contribution in [3.05, 3.63) is 58.1 Å². The van der Waals surface area contributed by atoms with Gasteiger partial charge in [0.25, 0.3) is 15.9 Å². The second-order valence-electron chi connectivity index (χ2n) is 5.84. The highest BCUT2D eigenvalue weighted by atomic mass is 32.2. The molecule has 3 rings (SSSR count). The summed E-state index contributed by atoms with van der Waals surface area (Å²) in [5, 5.41) is 23.1. The van der Waals surface area contributed by atoms with Gasteiger partial charge in [-0.1, -0.05) is 6.07 Å². The van der Waals surface area contributed by atoms with Crippen molar-refractivity contribution in [1.82, 2.24) is 5.32 Å². The van der Waals surface area contributed by atoms with Gasteiger partial charge in [-0.3, -0.25) is 19.6 Å². The number of benzene rings is 2. The van der Waals surface area contributed by atoms with E-state index in [4.69, 9.17) is 0 Å². The average Bonchev–Trinajstić information content (AvgIpc) is 3.38. The number of carbonyl (C=O) groups is 1. The Bertz CT molecular complexity index is 985.